The molecule has 0 aliphatic heterocycles. The Bertz CT molecular complexity index is 316. The van der Waals surface area contributed by atoms with Gasteiger partial charge in [0.25, 0.3) is 0 Å². The van der Waals surface area contributed by atoms with Crippen LogP contribution in [0.2, 0.25) is 0 Å². The van der Waals surface area contributed by atoms with E-state index in [0.29, 0.717) is 0 Å². The fourth-order valence-electron chi connectivity index (χ4n) is 2.24. The first-order chi connectivity index (χ1) is 7.79. The molecule has 16 heavy (non-hydrogen) atoms. The minimum atomic E-state index is 0.744. The first-order valence-corrected chi connectivity index (χ1v) is 7.06. The number of benzene rings is 1. The molecule has 1 atom stereocenters. The summed E-state index contributed by atoms with van der Waals surface area (Å²) in [6.07, 6.45) is 5.33. The maximum absolute atomic E-state index is 3.62. The van der Waals surface area contributed by atoms with Crippen LogP contribution in [0.25, 0.3) is 0 Å². The molecule has 2 rings (SSSR count). The Balaban J connectivity index is 1.82. The molecule has 1 nitrogen and oxygen atoms in total. The van der Waals surface area contributed by atoms with Gasteiger partial charge in [-0.05, 0) is 55.8 Å². The Morgan fingerprint density at radius 3 is 2.56 bits per heavy atom. The fraction of sp³-hybridized carbons (Fsp3) is 0.571. The molecule has 0 amide bonds. The van der Waals surface area contributed by atoms with E-state index in [0.717, 1.165) is 18.5 Å². The van der Waals surface area contributed by atoms with Crippen molar-refractivity contribution in [1.29, 1.82) is 0 Å². The lowest BCUT2D eigenvalue weighted by Crippen LogP contribution is -2.31. The third-order valence-corrected chi connectivity index (χ3v) is 3.84. The zero-order valence-corrected chi connectivity index (χ0v) is 11.5. The normalized spacial score (nSPS) is 17.4. The van der Waals surface area contributed by atoms with Crippen LogP contribution in [0.5, 0.6) is 0 Å². The van der Waals surface area contributed by atoms with E-state index in [2.05, 4.69) is 52.4 Å². The number of hydrogen-bond donors (Lipinski definition) is 1. The van der Waals surface area contributed by atoms with E-state index in [-0.39, 0.29) is 0 Å². The fourth-order valence-corrected chi connectivity index (χ4v) is 2.50. The molecule has 1 unspecified atom stereocenters. The van der Waals surface area contributed by atoms with Crippen LogP contribution >= 0.6 is 15.9 Å². The van der Waals surface area contributed by atoms with Crippen molar-refractivity contribution in [2.24, 2.45) is 5.92 Å². The Labute approximate surface area is 107 Å². The van der Waals surface area contributed by atoms with E-state index in [4.69, 9.17) is 0 Å². The van der Waals surface area contributed by atoms with Crippen LogP contribution in [0.3, 0.4) is 0 Å². The van der Waals surface area contributed by atoms with E-state index >= 15 is 0 Å². The zero-order valence-electron chi connectivity index (χ0n) is 9.88. The molecule has 1 aromatic rings. The highest BCUT2D eigenvalue weighted by Gasteiger charge is 2.29. The molecule has 88 valence electrons. The molecule has 1 fully saturated rings. The highest BCUT2D eigenvalue weighted by Crippen LogP contribution is 2.34. The quantitative estimate of drug-likeness (QED) is 0.837. The van der Waals surface area contributed by atoms with Crippen LogP contribution in [0.15, 0.2) is 28.7 Å². The number of rotatable bonds is 6. The summed E-state index contributed by atoms with van der Waals surface area (Å²) >= 11 is 3.47. The Hall–Kier alpha value is -0.340. The van der Waals surface area contributed by atoms with E-state index in [1.165, 1.54) is 35.7 Å². The average Bonchev–Trinajstić information content (AvgIpc) is 3.10. The highest BCUT2D eigenvalue weighted by atomic mass is 79.9. The summed E-state index contributed by atoms with van der Waals surface area (Å²) in [6.45, 7) is 3.30. The van der Waals surface area contributed by atoms with Gasteiger partial charge in [-0.1, -0.05) is 35.0 Å². The summed E-state index contributed by atoms with van der Waals surface area (Å²) in [5, 5.41) is 3.62. The van der Waals surface area contributed by atoms with Crippen LogP contribution in [-0.4, -0.2) is 12.6 Å². The minimum absolute atomic E-state index is 0.744. The number of nitrogens with one attached hydrogen (secondary N) is 1. The van der Waals surface area contributed by atoms with Gasteiger partial charge in [0, 0.05) is 10.5 Å². The SMILES string of the molecule is CCNC(CCc1ccc(Br)cc1)C1CC1. The largest absolute Gasteiger partial charge is 0.314 e. The van der Waals surface area contributed by atoms with Gasteiger partial charge in [0.2, 0.25) is 0 Å². The van der Waals surface area contributed by atoms with Crippen molar-refractivity contribution >= 4 is 15.9 Å². The molecule has 0 spiro atoms. The molecule has 0 aromatic heterocycles. The topological polar surface area (TPSA) is 12.0 Å². The lowest BCUT2D eigenvalue weighted by atomic mass is 10.0. The molecule has 1 aromatic carbocycles. The predicted molar refractivity (Wildman–Crippen MR) is 72.7 cm³/mol. The Morgan fingerprint density at radius 1 is 1.31 bits per heavy atom. The standard InChI is InChI=1S/C14H20BrN/c1-2-16-14(12-6-7-12)10-5-11-3-8-13(15)9-4-11/h3-4,8-9,12,14,16H,2,5-7,10H2,1H3. The smallest absolute Gasteiger partial charge is 0.0175 e. The van der Waals surface area contributed by atoms with Crippen LogP contribution in [0, 0.1) is 5.92 Å². The predicted octanol–water partition coefficient (Wildman–Crippen LogP) is 3.77. The van der Waals surface area contributed by atoms with Gasteiger partial charge in [-0.15, -0.1) is 0 Å². The monoisotopic (exact) mass is 281 g/mol. The lowest BCUT2D eigenvalue weighted by molar-refractivity contribution is 0.446. The summed E-state index contributed by atoms with van der Waals surface area (Å²) in [4.78, 5) is 0. The van der Waals surface area contributed by atoms with Crippen LogP contribution in [0.1, 0.15) is 31.7 Å². The van der Waals surface area contributed by atoms with Crippen molar-refractivity contribution in [3.63, 3.8) is 0 Å². The van der Waals surface area contributed by atoms with Gasteiger partial charge in [0.15, 0.2) is 0 Å². The molecule has 1 aliphatic carbocycles. The molecule has 0 radical (unpaired) electrons. The van der Waals surface area contributed by atoms with Crippen molar-refractivity contribution in [2.45, 2.75) is 38.6 Å². The Kier molecular flexibility index (Phi) is 4.42. The molecule has 1 saturated carbocycles. The number of halogens is 1. The van der Waals surface area contributed by atoms with Crippen LogP contribution in [0.4, 0.5) is 0 Å². The second-order valence-electron chi connectivity index (χ2n) is 4.67. The molecular formula is C14H20BrN. The lowest BCUT2D eigenvalue weighted by Gasteiger charge is -2.16. The molecular weight excluding hydrogens is 262 g/mol. The summed E-state index contributed by atoms with van der Waals surface area (Å²) in [5.74, 6) is 0.954. The first kappa shape index (κ1) is 12.1. The summed E-state index contributed by atoms with van der Waals surface area (Å²) in [6, 6.07) is 9.46. The van der Waals surface area contributed by atoms with Gasteiger partial charge in [0.1, 0.15) is 0 Å². The summed E-state index contributed by atoms with van der Waals surface area (Å²) < 4.78 is 1.17. The minimum Gasteiger partial charge on any atom is -0.314 e. The van der Waals surface area contributed by atoms with Crippen molar-refractivity contribution in [2.75, 3.05) is 6.54 Å². The van der Waals surface area contributed by atoms with Gasteiger partial charge in [0.05, 0.1) is 0 Å². The summed E-state index contributed by atoms with van der Waals surface area (Å²) in [5.41, 5.74) is 1.45. The third-order valence-electron chi connectivity index (χ3n) is 3.31. The summed E-state index contributed by atoms with van der Waals surface area (Å²) in [7, 11) is 0. The first-order valence-electron chi connectivity index (χ1n) is 6.27. The highest BCUT2D eigenvalue weighted by molar-refractivity contribution is 9.10. The van der Waals surface area contributed by atoms with Gasteiger partial charge in [-0.25, -0.2) is 0 Å². The molecule has 0 saturated heterocycles. The van der Waals surface area contributed by atoms with Gasteiger partial charge in [-0.3, -0.25) is 0 Å². The maximum atomic E-state index is 3.62. The van der Waals surface area contributed by atoms with Crippen molar-refractivity contribution in [3.05, 3.63) is 34.3 Å². The zero-order chi connectivity index (χ0) is 11.4. The second kappa shape index (κ2) is 5.83. The van der Waals surface area contributed by atoms with Crippen LogP contribution in [-0.2, 0) is 6.42 Å². The third kappa shape index (κ3) is 3.60. The van der Waals surface area contributed by atoms with Crippen molar-refractivity contribution < 1.29 is 0 Å². The van der Waals surface area contributed by atoms with Crippen molar-refractivity contribution in [3.8, 4) is 0 Å². The van der Waals surface area contributed by atoms with E-state index in [9.17, 15) is 0 Å². The molecule has 1 aliphatic rings. The van der Waals surface area contributed by atoms with Crippen LogP contribution < -0.4 is 5.32 Å². The van der Waals surface area contributed by atoms with E-state index in [1.54, 1.807) is 0 Å². The van der Waals surface area contributed by atoms with Crippen molar-refractivity contribution in [1.82, 2.24) is 5.32 Å². The molecule has 0 bridgehead atoms. The molecule has 2 heteroatoms. The van der Waals surface area contributed by atoms with Gasteiger partial charge >= 0.3 is 0 Å². The van der Waals surface area contributed by atoms with Gasteiger partial charge < -0.3 is 5.32 Å². The average molecular weight is 282 g/mol. The number of aryl methyl sites for hydroxylation is 1. The molecule has 0 heterocycles. The number of hydrogen-bond acceptors (Lipinski definition) is 1. The van der Waals surface area contributed by atoms with E-state index in [1.807, 2.05) is 0 Å². The van der Waals surface area contributed by atoms with E-state index < -0.39 is 0 Å². The maximum Gasteiger partial charge on any atom is 0.0175 e. The Morgan fingerprint density at radius 2 is 2.00 bits per heavy atom. The molecule has 1 N–H and O–H groups in total. The second-order valence-corrected chi connectivity index (χ2v) is 5.58. The van der Waals surface area contributed by atoms with Gasteiger partial charge in [-0.2, -0.15) is 0 Å².